The van der Waals surface area contributed by atoms with Crippen LogP contribution in [0.4, 0.5) is 0 Å². The summed E-state index contributed by atoms with van der Waals surface area (Å²) in [5.41, 5.74) is 2.58. The van der Waals surface area contributed by atoms with Gasteiger partial charge in [0.1, 0.15) is 0 Å². The Kier molecular flexibility index (Phi) is 2.62. The number of nitrogens with zero attached hydrogens (tertiary/aromatic N) is 1. The number of piperidine rings is 1. The van der Waals surface area contributed by atoms with Crippen molar-refractivity contribution in [2.24, 2.45) is 0 Å². The van der Waals surface area contributed by atoms with Crippen LogP contribution >= 0.6 is 11.6 Å². The first-order chi connectivity index (χ1) is 7.84. The average molecular weight is 234 g/mol. The van der Waals surface area contributed by atoms with E-state index in [9.17, 15) is 0 Å². The second kappa shape index (κ2) is 4.11. The summed E-state index contributed by atoms with van der Waals surface area (Å²) in [5.74, 6) is 0.660. The van der Waals surface area contributed by atoms with Gasteiger partial charge in [0.05, 0.1) is 0 Å². The topological polar surface area (TPSA) is 29.9 Å². The zero-order valence-electron chi connectivity index (χ0n) is 9.04. The van der Waals surface area contributed by atoms with E-state index in [-0.39, 0.29) is 0 Å². The molecule has 3 rings (SSSR count). The van der Waals surface area contributed by atoms with Gasteiger partial charge in [0.2, 0.25) is 0 Å². The molecule has 1 radical (unpaired) electrons. The number of hydrogen-bond donors (Lipinski definition) is 1. The van der Waals surface area contributed by atoms with E-state index in [4.69, 9.17) is 11.6 Å². The van der Waals surface area contributed by atoms with Crippen molar-refractivity contribution in [2.75, 3.05) is 13.1 Å². The van der Waals surface area contributed by atoms with Gasteiger partial charge in [-0.3, -0.25) is 0 Å². The number of rotatable bonds is 1. The SMILES string of the molecule is Clc1ccc2c(C3CC[N]CC3)c[nH]c2c1. The van der Waals surface area contributed by atoms with Crippen molar-refractivity contribution in [2.45, 2.75) is 18.8 Å². The van der Waals surface area contributed by atoms with Crippen LogP contribution in [0.3, 0.4) is 0 Å². The van der Waals surface area contributed by atoms with Crippen molar-refractivity contribution < 1.29 is 0 Å². The van der Waals surface area contributed by atoms with Crippen LogP contribution in [0.2, 0.25) is 5.02 Å². The van der Waals surface area contributed by atoms with Gasteiger partial charge in [-0.1, -0.05) is 17.7 Å². The van der Waals surface area contributed by atoms with Crippen molar-refractivity contribution in [3.63, 3.8) is 0 Å². The van der Waals surface area contributed by atoms with E-state index in [0.29, 0.717) is 5.92 Å². The van der Waals surface area contributed by atoms with Crippen molar-refractivity contribution >= 4 is 22.5 Å². The van der Waals surface area contributed by atoms with Gasteiger partial charge in [0.15, 0.2) is 0 Å². The van der Waals surface area contributed by atoms with Crippen LogP contribution in [0.15, 0.2) is 24.4 Å². The van der Waals surface area contributed by atoms with Crippen LogP contribution in [0.5, 0.6) is 0 Å². The summed E-state index contributed by atoms with van der Waals surface area (Å²) in [6, 6.07) is 6.08. The summed E-state index contributed by atoms with van der Waals surface area (Å²) in [6.07, 6.45) is 4.49. The van der Waals surface area contributed by atoms with Gasteiger partial charge >= 0.3 is 0 Å². The van der Waals surface area contributed by atoms with Gasteiger partial charge in [-0.15, -0.1) is 0 Å². The van der Waals surface area contributed by atoms with E-state index in [1.165, 1.54) is 23.8 Å². The Hall–Kier alpha value is -0.990. The summed E-state index contributed by atoms with van der Waals surface area (Å²) >= 11 is 5.98. The minimum absolute atomic E-state index is 0.660. The molecule has 0 bridgehead atoms. The Morgan fingerprint density at radius 2 is 2.06 bits per heavy atom. The number of halogens is 1. The molecule has 0 unspecified atom stereocenters. The largest absolute Gasteiger partial charge is 0.361 e. The molecule has 0 saturated carbocycles. The lowest BCUT2D eigenvalue weighted by Crippen LogP contribution is -2.20. The fraction of sp³-hybridized carbons (Fsp3) is 0.385. The molecule has 0 amide bonds. The van der Waals surface area contributed by atoms with E-state index in [1.54, 1.807) is 0 Å². The van der Waals surface area contributed by atoms with Gasteiger partial charge < -0.3 is 4.98 Å². The third-order valence-electron chi connectivity index (χ3n) is 3.39. The quantitative estimate of drug-likeness (QED) is 0.784. The lowest BCUT2D eigenvalue weighted by atomic mass is 9.90. The number of fused-ring (bicyclic) bond motifs is 1. The number of hydrogen-bond acceptors (Lipinski definition) is 0. The molecule has 1 aliphatic heterocycles. The van der Waals surface area contributed by atoms with Gasteiger partial charge in [0.25, 0.3) is 0 Å². The highest BCUT2D eigenvalue weighted by atomic mass is 35.5. The minimum atomic E-state index is 0.660. The zero-order valence-corrected chi connectivity index (χ0v) is 9.80. The summed E-state index contributed by atoms with van der Waals surface area (Å²) < 4.78 is 0. The smallest absolute Gasteiger partial charge is 0.0471 e. The maximum Gasteiger partial charge on any atom is 0.0471 e. The molecule has 1 fully saturated rings. The Morgan fingerprint density at radius 3 is 2.88 bits per heavy atom. The average Bonchev–Trinajstić information content (AvgIpc) is 2.73. The highest BCUT2D eigenvalue weighted by Crippen LogP contribution is 2.32. The van der Waals surface area contributed by atoms with Crippen LogP contribution < -0.4 is 5.32 Å². The number of aromatic amines is 1. The van der Waals surface area contributed by atoms with E-state index in [0.717, 1.165) is 23.6 Å². The fourth-order valence-electron chi connectivity index (χ4n) is 2.52. The summed E-state index contributed by atoms with van der Waals surface area (Å²) in [7, 11) is 0. The highest BCUT2D eigenvalue weighted by Gasteiger charge is 2.18. The summed E-state index contributed by atoms with van der Waals surface area (Å²) in [5, 5.41) is 6.51. The monoisotopic (exact) mass is 233 g/mol. The standard InChI is InChI=1S/C13H14ClN2/c14-10-1-2-11-12(8-16-13(11)7-10)9-3-5-15-6-4-9/h1-2,7-9,16H,3-6H2. The lowest BCUT2D eigenvalue weighted by molar-refractivity contribution is 0.455. The first-order valence-corrected chi connectivity index (χ1v) is 6.12. The molecule has 1 aromatic carbocycles. The van der Waals surface area contributed by atoms with Gasteiger partial charge in [-0.05, 0) is 36.5 Å². The van der Waals surface area contributed by atoms with Crippen molar-refractivity contribution in [3.8, 4) is 0 Å². The van der Waals surface area contributed by atoms with E-state index < -0.39 is 0 Å². The lowest BCUT2D eigenvalue weighted by Gasteiger charge is -2.21. The third-order valence-corrected chi connectivity index (χ3v) is 3.62. The Balaban J connectivity index is 2.03. The van der Waals surface area contributed by atoms with Crippen LogP contribution in [0.1, 0.15) is 24.3 Å². The van der Waals surface area contributed by atoms with E-state index >= 15 is 0 Å². The molecule has 3 heteroatoms. The number of H-pyrrole nitrogens is 1. The normalized spacial score (nSPS) is 18.1. The number of aromatic nitrogens is 1. The molecule has 0 aliphatic carbocycles. The van der Waals surface area contributed by atoms with Crippen LogP contribution in [-0.4, -0.2) is 18.1 Å². The maximum absolute atomic E-state index is 5.98. The zero-order chi connectivity index (χ0) is 11.0. The number of benzene rings is 1. The van der Waals surface area contributed by atoms with E-state index in [1.807, 2.05) is 12.1 Å². The van der Waals surface area contributed by atoms with Crippen LogP contribution in [0, 0.1) is 0 Å². The molecule has 16 heavy (non-hydrogen) atoms. The van der Waals surface area contributed by atoms with Crippen molar-refractivity contribution in [1.29, 1.82) is 0 Å². The molecular weight excluding hydrogens is 220 g/mol. The third kappa shape index (κ3) is 1.72. The molecule has 1 saturated heterocycles. The summed E-state index contributed by atoms with van der Waals surface area (Å²) in [6.45, 7) is 2.01. The Bertz CT molecular complexity index is 498. The second-order valence-electron chi connectivity index (χ2n) is 4.38. The molecule has 2 aromatic rings. The van der Waals surface area contributed by atoms with Crippen molar-refractivity contribution in [3.05, 3.63) is 35.0 Å². The first kappa shape index (κ1) is 10.2. The molecule has 1 aromatic heterocycles. The second-order valence-corrected chi connectivity index (χ2v) is 4.82. The fourth-order valence-corrected chi connectivity index (χ4v) is 2.69. The van der Waals surface area contributed by atoms with Crippen LogP contribution in [-0.2, 0) is 0 Å². The molecular formula is C13H14ClN2. The molecule has 1 aliphatic rings. The molecule has 2 heterocycles. The summed E-state index contributed by atoms with van der Waals surface area (Å²) in [4.78, 5) is 3.31. The van der Waals surface area contributed by atoms with Gasteiger partial charge in [0, 0.05) is 35.2 Å². The Labute approximate surface area is 100.0 Å². The van der Waals surface area contributed by atoms with Crippen molar-refractivity contribution in [1.82, 2.24) is 10.3 Å². The first-order valence-electron chi connectivity index (χ1n) is 5.74. The van der Waals surface area contributed by atoms with E-state index in [2.05, 4.69) is 22.6 Å². The molecule has 0 spiro atoms. The van der Waals surface area contributed by atoms with Gasteiger partial charge in [-0.25, -0.2) is 5.32 Å². The molecule has 2 nitrogen and oxygen atoms in total. The molecule has 1 N–H and O–H groups in total. The molecule has 0 atom stereocenters. The molecule has 83 valence electrons. The minimum Gasteiger partial charge on any atom is -0.361 e. The predicted octanol–water partition coefficient (Wildman–Crippen LogP) is 3.30. The predicted molar refractivity (Wildman–Crippen MR) is 67.2 cm³/mol. The number of nitrogens with one attached hydrogen (secondary N) is 1. The van der Waals surface area contributed by atoms with Gasteiger partial charge in [-0.2, -0.15) is 0 Å². The maximum atomic E-state index is 5.98. The Morgan fingerprint density at radius 1 is 1.25 bits per heavy atom. The van der Waals surface area contributed by atoms with Crippen LogP contribution in [0.25, 0.3) is 10.9 Å². The highest BCUT2D eigenvalue weighted by molar-refractivity contribution is 6.31.